The van der Waals surface area contributed by atoms with Gasteiger partial charge < -0.3 is 20.1 Å². The highest BCUT2D eigenvalue weighted by molar-refractivity contribution is 5.80. The lowest BCUT2D eigenvalue weighted by atomic mass is 10.0. The largest absolute Gasteiger partial charge is 0.371 e. The Morgan fingerprint density at radius 1 is 1.03 bits per heavy atom. The van der Waals surface area contributed by atoms with Crippen molar-refractivity contribution >= 4 is 11.6 Å². The summed E-state index contributed by atoms with van der Waals surface area (Å²) < 4.78 is 2.17. The van der Waals surface area contributed by atoms with Gasteiger partial charge in [0.15, 0.2) is 5.96 Å². The van der Waals surface area contributed by atoms with Gasteiger partial charge in [0.25, 0.3) is 0 Å². The average Bonchev–Trinajstić information content (AvgIpc) is 3.26. The normalized spacial score (nSPS) is 15.1. The van der Waals surface area contributed by atoms with Crippen LogP contribution in [-0.2, 0) is 13.1 Å². The fourth-order valence-corrected chi connectivity index (χ4v) is 4.00. The molecule has 6 nitrogen and oxygen atoms in total. The van der Waals surface area contributed by atoms with Gasteiger partial charge >= 0.3 is 0 Å². The molecular formula is C25H32N6. The minimum absolute atomic E-state index is 0.432. The summed E-state index contributed by atoms with van der Waals surface area (Å²) in [7, 11) is 0. The van der Waals surface area contributed by atoms with Gasteiger partial charge in [-0.05, 0) is 37.5 Å². The molecule has 0 unspecified atom stereocenters. The highest BCUT2D eigenvalue weighted by Crippen LogP contribution is 2.19. The van der Waals surface area contributed by atoms with E-state index in [9.17, 15) is 0 Å². The first-order valence-corrected chi connectivity index (χ1v) is 11.2. The first-order valence-electron chi connectivity index (χ1n) is 11.2. The van der Waals surface area contributed by atoms with Gasteiger partial charge in [0, 0.05) is 50.3 Å². The molecule has 162 valence electrons. The lowest BCUT2D eigenvalue weighted by molar-refractivity contribution is 0.461. The maximum Gasteiger partial charge on any atom is 0.191 e. The van der Waals surface area contributed by atoms with Crippen LogP contribution in [0.2, 0.25) is 0 Å². The quantitative estimate of drug-likeness (QED) is 0.456. The number of aliphatic imine (C=N–C) groups is 1. The summed E-state index contributed by atoms with van der Waals surface area (Å²) >= 11 is 0. The Kier molecular flexibility index (Phi) is 7.21. The van der Waals surface area contributed by atoms with Crippen LogP contribution in [-0.4, -0.2) is 41.2 Å². The predicted molar refractivity (Wildman–Crippen MR) is 127 cm³/mol. The molecule has 0 saturated carbocycles. The van der Waals surface area contributed by atoms with Crippen LogP contribution in [0, 0.1) is 0 Å². The summed E-state index contributed by atoms with van der Waals surface area (Å²) in [5.74, 6) is 1.84. The number of aromatic nitrogens is 2. The van der Waals surface area contributed by atoms with Crippen LogP contribution in [0.3, 0.4) is 0 Å². The fraction of sp³-hybridized carbons (Fsp3) is 0.360. The number of piperidine rings is 1. The molecule has 0 radical (unpaired) electrons. The van der Waals surface area contributed by atoms with Crippen molar-refractivity contribution in [2.24, 2.45) is 4.99 Å². The van der Waals surface area contributed by atoms with E-state index >= 15 is 0 Å². The minimum Gasteiger partial charge on any atom is -0.371 e. The van der Waals surface area contributed by atoms with E-state index in [0.29, 0.717) is 12.6 Å². The van der Waals surface area contributed by atoms with Crippen molar-refractivity contribution < 1.29 is 0 Å². The van der Waals surface area contributed by atoms with E-state index in [1.165, 1.54) is 11.3 Å². The Balaban J connectivity index is 1.34. The van der Waals surface area contributed by atoms with Gasteiger partial charge in [-0.3, -0.25) is 0 Å². The van der Waals surface area contributed by atoms with Crippen molar-refractivity contribution in [1.82, 2.24) is 20.2 Å². The van der Waals surface area contributed by atoms with Crippen molar-refractivity contribution in [1.29, 1.82) is 0 Å². The SMILES string of the molecule is CCNC(=NCc1nccn1Cc1ccccc1)NC1CCN(c2ccccc2)CC1. The van der Waals surface area contributed by atoms with Gasteiger partial charge in [-0.1, -0.05) is 48.5 Å². The molecule has 0 amide bonds. The number of hydrogen-bond acceptors (Lipinski definition) is 3. The van der Waals surface area contributed by atoms with E-state index in [2.05, 4.69) is 86.6 Å². The third kappa shape index (κ3) is 5.87. The predicted octanol–water partition coefficient (Wildman–Crippen LogP) is 3.66. The molecule has 0 aliphatic carbocycles. The van der Waals surface area contributed by atoms with Gasteiger partial charge in [-0.25, -0.2) is 9.98 Å². The molecule has 2 heterocycles. The molecule has 1 fully saturated rings. The second kappa shape index (κ2) is 10.7. The second-order valence-electron chi connectivity index (χ2n) is 7.89. The Labute approximate surface area is 185 Å². The monoisotopic (exact) mass is 416 g/mol. The minimum atomic E-state index is 0.432. The maximum absolute atomic E-state index is 4.83. The summed E-state index contributed by atoms with van der Waals surface area (Å²) in [4.78, 5) is 11.8. The maximum atomic E-state index is 4.83. The van der Waals surface area contributed by atoms with Crippen molar-refractivity contribution in [3.8, 4) is 0 Å². The third-order valence-electron chi connectivity index (χ3n) is 5.68. The molecule has 4 rings (SSSR count). The number of benzene rings is 2. The van der Waals surface area contributed by atoms with E-state index in [1.807, 2.05) is 18.5 Å². The number of hydrogen-bond donors (Lipinski definition) is 2. The van der Waals surface area contributed by atoms with Gasteiger partial charge in [-0.2, -0.15) is 0 Å². The average molecular weight is 417 g/mol. The zero-order valence-corrected chi connectivity index (χ0v) is 18.2. The van der Waals surface area contributed by atoms with Gasteiger partial charge in [0.2, 0.25) is 0 Å². The van der Waals surface area contributed by atoms with Crippen LogP contribution in [0.1, 0.15) is 31.2 Å². The zero-order valence-electron chi connectivity index (χ0n) is 18.2. The second-order valence-corrected chi connectivity index (χ2v) is 7.89. The van der Waals surface area contributed by atoms with E-state index in [1.54, 1.807) is 0 Å². The van der Waals surface area contributed by atoms with E-state index in [-0.39, 0.29) is 0 Å². The molecule has 3 aromatic rings. The molecule has 2 aromatic carbocycles. The summed E-state index contributed by atoms with van der Waals surface area (Å²) in [5, 5.41) is 7.03. The summed E-state index contributed by atoms with van der Waals surface area (Å²) in [5.41, 5.74) is 2.58. The molecule has 0 atom stereocenters. The van der Waals surface area contributed by atoms with Crippen LogP contribution in [0.15, 0.2) is 78.0 Å². The van der Waals surface area contributed by atoms with Crippen molar-refractivity contribution in [3.63, 3.8) is 0 Å². The van der Waals surface area contributed by atoms with Gasteiger partial charge in [0.1, 0.15) is 12.4 Å². The molecule has 1 aliphatic rings. The van der Waals surface area contributed by atoms with E-state index < -0.39 is 0 Å². The molecule has 6 heteroatoms. The van der Waals surface area contributed by atoms with E-state index in [0.717, 1.165) is 50.8 Å². The number of rotatable bonds is 7. The third-order valence-corrected chi connectivity index (χ3v) is 5.68. The Bertz CT molecular complexity index is 942. The van der Waals surface area contributed by atoms with Gasteiger partial charge in [-0.15, -0.1) is 0 Å². The fourth-order valence-electron chi connectivity index (χ4n) is 4.00. The Hall–Kier alpha value is -3.28. The van der Waals surface area contributed by atoms with Crippen LogP contribution < -0.4 is 15.5 Å². The highest BCUT2D eigenvalue weighted by Gasteiger charge is 2.20. The Morgan fingerprint density at radius 3 is 2.45 bits per heavy atom. The lowest BCUT2D eigenvalue weighted by Crippen LogP contribution is -2.48. The molecule has 2 N–H and O–H groups in total. The number of para-hydroxylation sites is 1. The zero-order chi connectivity index (χ0) is 21.3. The highest BCUT2D eigenvalue weighted by atomic mass is 15.2. The number of nitrogens with one attached hydrogen (secondary N) is 2. The van der Waals surface area contributed by atoms with Crippen molar-refractivity contribution in [3.05, 3.63) is 84.4 Å². The molecule has 1 saturated heterocycles. The summed E-state index contributed by atoms with van der Waals surface area (Å²) in [6.07, 6.45) is 6.08. The van der Waals surface area contributed by atoms with Crippen LogP contribution in [0.4, 0.5) is 5.69 Å². The molecule has 0 bridgehead atoms. The van der Waals surface area contributed by atoms with E-state index in [4.69, 9.17) is 4.99 Å². The molecule has 1 aliphatic heterocycles. The number of nitrogens with zero attached hydrogens (tertiary/aromatic N) is 4. The number of anilines is 1. The molecular weight excluding hydrogens is 384 g/mol. The smallest absolute Gasteiger partial charge is 0.191 e. The molecule has 1 aromatic heterocycles. The first-order chi connectivity index (χ1) is 15.3. The number of guanidine groups is 1. The van der Waals surface area contributed by atoms with Crippen LogP contribution in [0.5, 0.6) is 0 Å². The topological polar surface area (TPSA) is 57.5 Å². The number of imidazole rings is 1. The first kappa shape index (κ1) is 21.0. The molecule has 31 heavy (non-hydrogen) atoms. The van der Waals surface area contributed by atoms with Crippen LogP contribution >= 0.6 is 0 Å². The summed E-state index contributed by atoms with van der Waals surface area (Å²) in [6, 6.07) is 21.6. The van der Waals surface area contributed by atoms with Crippen molar-refractivity contribution in [2.75, 3.05) is 24.5 Å². The molecule has 0 spiro atoms. The Morgan fingerprint density at radius 2 is 1.74 bits per heavy atom. The van der Waals surface area contributed by atoms with Crippen molar-refractivity contribution in [2.45, 2.75) is 38.9 Å². The van der Waals surface area contributed by atoms with Crippen LogP contribution in [0.25, 0.3) is 0 Å². The standard InChI is InChI=1S/C25H32N6/c1-2-26-25(29-22-13-16-30(17-14-22)23-11-7-4-8-12-23)28-19-24-27-15-18-31(24)20-21-9-5-3-6-10-21/h3-12,15,18,22H,2,13-14,16-17,19-20H2,1H3,(H2,26,28,29). The van der Waals surface area contributed by atoms with Gasteiger partial charge in [0.05, 0.1) is 0 Å². The lowest BCUT2D eigenvalue weighted by Gasteiger charge is -2.34. The summed E-state index contributed by atoms with van der Waals surface area (Å²) in [6.45, 7) is 6.43.